The standard InChI is InChI=1S/C8H18F2O2Si/c1-7(2)5-11-13(9,10)12-6-8(3)4/h7-8H,5-6H2,1-4H3. The Bertz CT molecular complexity index is 126. The summed E-state index contributed by atoms with van der Waals surface area (Å²) in [6.07, 6.45) is 0. The highest BCUT2D eigenvalue weighted by molar-refractivity contribution is 6.51. The normalized spacial score (nSPS) is 12.9. The van der Waals surface area contributed by atoms with Crippen LogP contribution in [0.2, 0.25) is 0 Å². The lowest BCUT2D eigenvalue weighted by atomic mass is 10.2. The molecule has 0 saturated carbocycles. The minimum Gasteiger partial charge on any atom is -0.345 e. The van der Waals surface area contributed by atoms with Gasteiger partial charge in [-0.15, -0.1) is 0 Å². The maximum atomic E-state index is 12.8. The lowest BCUT2D eigenvalue weighted by Crippen LogP contribution is -2.35. The number of hydrogen-bond acceptors (Lipinski definition) is 2. The Morgan fingerprint density at radius 2 is 1.23 bits per heavy atom. The number of rotatable bonds is 6. The van der Waals surface area contributed by atoms with Gasteiger partial charge in [0.15, 0.2) is 0 Å². The molecule has 0 fully saturated rings. The van der Waals surface area contributed by atoms with Crippen molar-refractivity contribution >= 4 is 9.23 Å². The van der Waals surface area contributed by atoms with Crippen molar-refractivity contribution in [2.24, 2.45) is 11.8 Å². The Kier molecular flexibility index (Phi) is 5.67. The highest BCUT2D eigenvalue weighted by Crippen LogP contribution is 2.13. The maximum absolute atomic E-state index is 12.8. The third-order valence-corrected chi connectivity index (χ3v) is 2.17. The minimum atomic E-state index is -4.83. The molecule has 0 saturated heterocycles. The molecular weight excluding hydrogens is 194 g/mol. The molecule has 0 atom stereocenters. The molecule has 0 aliphatic heterocycles. The third kappa shape index (κ3) is 8.33. The second-order valence-electron chi connectivity index (χ2n) is 3.87. The fourth-order valence-electron chi connectivity index (χ4n) is 0.569. The van der Waals surface area contributed by atoms with Gasteiger partial charge in [-0.3, -0.25) is 0 Å². The van der Waals surface area contributed by atoms with Crippen molar-refractivity contribution in [2.45, 2.75) is 27.7 Å². The molecule has 0 aliphatic rings. The van der Waals surface area contributed by atoms with Crippen LogP contribution < -0.4 is 0 Å². The van der Waals surface area contributed by atoms with Crippen LogP contribution >= 0.6 is 0 Å². The molecule has 0 bridgehead atoms. The number of halogens is 2. The summed E-state index contributed by atoms with van der Waals surface area (Å²) in [6, 6.07) is 0. The van der Waals surface area contributed by atoms with Crippen molar-refractivity contribution in [3.05, 3.63) is 0 Å². The van der Waals surface area contributed by atoms with Crippen molar-refractivity contribution in [3.8, 4) is 0 Å². The average Bonchev–Trinajstić information content (AvgIpc) is 1.98. The fraction of sp³-hybridized carbons (Fsp3) is 1.00. The smallest absolute Gasteiger partial charge is 0.345 e. The molecule has 0 unspecified atom stereocenters. The number of hydrogen-bond donors (Lipinski definition) is 0. The Labute approximate surface area is 79.8 Å². The van der Waals surface area contributed by atoms with Crippen LogP contribution in [0.25, 0.3) is 0 Å². The SMILES string of the molecule is CC(C)CO[Si](F)(F)OCC(C)C. The van der Waals surface area contributed by atoms with E-state index < -0.39 is 9.23 Å². The molecule has 0 spiro atoms. The molecule has 0 aromatic heterocycles. The first-order valence-corrected chi connectivity index (χ1v) is 6.06. The van der Waals surface area contributed by atoms with Crippen molar-refractivity contribution in [1.82, 2.24) is 0 Å². The van der Waals surface area contributed by atoms with E-state index >= 15 is 0 Å². The summed E-state index contributed by atoms with van der Waals surface area (Å²) in [7, 11) is -4.83. The lowest BCUT2D eigenvalue weighted by Gasteiger charge is -2.15. The van der Waals surface area contributed by atoms with Gasteiger partial charge >= 0.3 is 9.23 Å². The van der Waals surface area contributed by atoms with E-state index in [9.17, 15) is 8.22 Å². The predicted molar refractivity (Wildman–Crippen MR) is 49.6 cm³/mol. The summed E-state index contributed by atoms with van der Waals surface area (Å²) >= 11 is 0. The van der Waals surface area contributed by atoms with Crippen LogP contribution in [0, 0.1) is 11.8 Å². The second kappa shape index (κ2) is 5.67. The van der Waals surface area contributed by atoms with Crippen LogP contribution in [-0.4, -0.2) is 22.4 Å². The molecule has 0 aromatic rings. The summed E-state index contributed by atoms with van der Waals surface area (Å²) in [5.41, 5.74) is 0. The Hall–Kier alpha value is -0.00312. The molecule has 0 N–H and O–H groups in total. The van der Waals surface area contributed by atoms with Crippen LogP contribution in [0.5, 0.6) is 0 Å². The van der Waals surface area contributed by atoms with Gasteiger partial charge in [-0.2, -0.15) is 0 Å². The predicted octanol–water partition coefficient (Wildman–Crippen LogP) is 2.71. The van der Waals surface area contributed by atoms with E-state index in [2.05, 4.69) is 8.85 Å². The highest BCUT2D eigenvalue weighted by atomic mass is 28.5. The summed E-state index contributed by atoms with van der Waals surface area (Å²) in [6.45, 7) is 7.44. The van der Waals surface area contributed by atoms with Gasteiger partial charge in [0.1, 0.15) is 0 Å². The average molecular weight is 212 g/mol. The molecule has 0 amide bonds. The van der Waals surface area contributed by atoms with Crippen molar-refractivity contribution in [3.63, 3.8) is 0 Å². The quantitative estimate of drug-likeness (QED) is 0.498. The topological polar surface area (TPSA) is 18.5 Å². The van der Waals surface area contributed by atoms with E-state index in [-0.39, 0.29) is 25.0 Å². The molecule has 0 aromatic carbocycles. The third-order valence-electron chi connectivity index (χ3n) is 1.17. The van der Waals surface area contributed by atoms with Crippen LogP contribution in [-0.2, 0) is 8.85 Å². The first-order valence-electron chi connectivity index (χ1n) is 4.49. The lowest BCUT2D eigenvalue weighted by molar-refractivity contribution is 0.0664. The molecule has 0 heterocycles. The van der Waals surface area contributed by atoms with Gasteiger partial charge in [0.2, 0.25) is 0 Å². The van der Waals surface area contributed by atoms with E-state index in [1.54, 1.807) is 0 Å². The summed E-state index contributed by atoms with van der Waals surface area (Å²) in [4.78, 5) is 0. The Morgan fingerprint density at radius 3 is 1.46 bits per heavy atom. The van der Waals surface area contributed by atoms with E-state index in [0.717, 1.165) is 0 Å². The second-order valence-corrected chi connectivity index (χ2v) is 5.38. The zero-order chi connectivity index (χ0) is 10.5. The molecule has 0 rings (SSSR count). The minimum absolute atomic E-state index is 0.0668. The van der Waals surface area contributed by atoms with Crippen LogP contribution in [0.15, 0.2) is 0 Å². The molecule has 0 aliphatic carbocycles. The van der Waals surface area contributed by atoms with Crippen LogP contribution in [0.3, 0.4) is 0 Å². The van der Waals surface area contributed by atoms with E-state index in [1.807, 2.05) is 27.7 Å². The fourth-order valence-corrected chi connectivity index (χ4v) is 1.71. The maximum Gasteiger partial charge on any atom is 0.761 e. The van der Waals surface area contributed by atoms with Crippen LogP contribution in [0.4, 0.5) is 8.22 Å². The molecule has 5 heteroatoms. The largest absolute Gasteiger partial charge is 0.761 e. The van der Waals surface area contributed by atoms with Gasteiger partial charge in [0.05, 0.1) is 0 Å². The van der Waals surface area contributed by atoms with Gasteiger partial charge in [0, 0.05) is 13.2 Å². The van der Waals surface area contributed by atoms with E-state index in [4.69, 9.17) is 0 Å². The molecule has 0 radical (unpaired) electrons. The highest BCUT2D eigenvalue weighted by Gasteiger charge is 2.43. The van der Waals surface area contributed by atoms with Crippen LogP contribution in [0.1, 0.15) is 27.7 Å². The van der Waals surface area contributed by atoms with Crippen molar-refractivity contribution in [2.75, 3.05) is 13.2 Å². The Morgan fingerprint density at radius 1 is 0.923 bits per heavy atom. The van der Waals surface area contributed by atoms with Gasteiger partial charge in [0.25, 0.3) is 0 Å². The van der Waals surface area contributed by atoms with E-state index in [1.165, 1.54) is 0 Å². The zero-order valence-electron chi connectivity index (χ0n) is 8.64. The molecular formula is C8H18F2O2Si. The summed E-state index contributed by atoms with van der Waals surface area (Å²) in [5, 5.41) is 0. The Balaban J connectivity index is 3.66. The first kappa shape index (κ1) is 13.0. The van der Waals surface area contributed by atoms with Gasteiger partial charge in [-0.05, 0) is 11.8 Å². The van der Waals surface area contributed by atoms with E-state index in [0.29, 0.717) is 0 Å². The van der Waals surface area contributed by atoms with Crippen molar-refractivity contribution < 1.29 is 17.1 Å². The summed E-state index contributed by atoms with van der Waals surface area (Å²) < 4.78 is 34.5. The summed E-state index contributed by atoms with van der Waals surface area (Å²) in [5.74, 6) is 0.224. The van der Waals surface area contributed by atoms with Crippen molar-refractivity contribution in [1.29, 1.82) is 0 Å². The van der Waals surface area contributed by atoms with Gasteiger partial charge in [-0.25, -0.2) is 8.22 Å². The van der Waals surface area contributed by atoms with Gasteiger partial charge in [-0.1, -0.05) is 27.7 Å². The monoisotopic (exact) mass is 212 g/mol. The van der Waals surface area contributed by atoms with Gasteiger partial charge < -0.3 is 8.85 Å². The molecule has 2 nitrogen and oxygen atoms in total. The molecule has 13 heavy (non-hydrogen) atoms. The molecule has 80 valence electrons. The zero-order valence-corrected chi connectivity index (χ0v) is 9.64. The first-order chi connectivity index (χ1) is 5.83.